The highest BCUT2D eigenvalue weighted by Crippen LogP contribution is 2.15. The van der Waals surface area contributed by atoms with Crippen LogP contribution in [0.5, 0.6) is 0 Å². The largest absolute Gasteiger partial charge is 0.466 e. The molecule has 0 aliphatic carbocycles. The summed E-state index contributed by atoms with van der Waals surface area (Å²) in [7, 11) is 0. The van der Waals surface area contributed by atoms with E-state index in [1.54, 1.807) is 6.08 Å². The van der Waals surface area contributed by atoms with Crippen molar-refractivity contribution in [2.75, 3.05) is 13.2 Å². The summed E-state index contributed by atoms with van der Waals surface area (Å²) in [6, 6.07) is -0.664. The molecule has 0 heterocycles. The smallest absolute Gasteiger partial charge is 0.305 e. The van der Waals surface area contributed by atoms with Crippen molar-refractivity contribution in [1.82, 2.24) is 5.32 Å². The first-order chi connectivity index (χ1) is 26.5. The molecular weight excluding hydrogens is 671 g/mol. The van der Waals surface area contributed by atoms with Gasteiger partial charge in [0.05, 0.1) is 25.4 Å². The maximum absolute atomic E-state index is 12.4. The second-order valence-electron chi connectivity index (χ2n) is 16.1. The van der Waals surface area contributed by atoms with Crippen molar-refractivity contribution in [2.45, 2.75) is 257 Å². The summed E-state index contributed by atoms with van der Waals surface area (Å²) in [6.07, 6.45) is 50.3. The lowest BCUT2D eigenvalue weighted by molar-refractivity contribution is -0.143. The molecule has 6 heteroatoms. The Morgan fingerprint density at radius 3 is 1.35 bits per heavy atom. The first-order valence-corrected chi connectivity index (χ1v) is 23.6. The van der Waals surface area contributed by atoms with Crippen molar-refractivity contribution < 1.29 is 24.5 Å². The monoisotopic (exact) mass is 762 g/mol. The normalized spacial score (nSPS) is 12.9. The Morgan fingerprint density at radius 2 is 0.889 bits per heavy atom. The van der Waals surface area contributed by atoms with Crippen LogP contribution in [0.3, 0.4) is 0 Å². The predicted molar refractivity (Wildman–Crippen MR) is 232 cm³/mol. The average molecular weight is 762 g/mol. The summed E-state index contributed by atoms with van der Waals surface area (Å²) in [4.78, 5) is 24.3. The van der Waals surface area contributed by atoms with Crippen LogP contribution in [0.25, 0.3) is 0 Å². The van der Waals surface area contributed by atoms with Gasteiger partial charge in [-0.1, -0.05) is 205 Å². The molecular formula is C48H91NO5. The third-order valence-electron chi connectivity index (χ3n) is 10.7. The summed E-state index contributed by atoms with van der Waals surface area (Å²) >= 11 is 0. The van der Waals surface area contributed by atoms with Crippen LogP contribution in [0.4, 0.5) is 0 Å². The molecule has 0 aromatic rings. The van der Waals surface area contributed by atoms with Crippen molar-refractivity contribution in [3.05, 3.63) is 24.3 Å². The van der Waals surface area contributed by atoms with E-state index in [4.69, 9.17) is 4.74 Å². The number of ether oxygens (including phenoxy) is 1. The van der Waals surface area contributed by atoms with E-state index in [2.05, 4.69) is 31.3 Å². The van der Waals surface area contributed by atoms with Gasteiger partial charge in [0.2, 0.25) is 5.91 Å². The molecule has 0 saturated heterocycles. The molecule has 0 fully saturated rings. The number of aliphatic hydroxyl groups is 2. The first kappa shape index (κ1) is 52.3. The zero-order valence-electron chi connectivity index (χ0n) is 36.0. The SMILES string of the molecule is CCCCCCCCCCCCCCCCC/C=C/C(O)C(CO)NC(=O)CCC/C=C\CCCCCCOC(=O)CCCCCCCCCCCCC. The fourth-order valence-electron chi connectivity index (χ4n) is 7.05. The van der Waals surface area contributed by atoms with Gasteiger partial charge < -0.3 is 20.3 Å². The van der Waals surface area contributed by atoms with Gasteiger partial charge in [0, 0.05) is 12.8 Å². The van der Waals surface area contributed by atoms with E-state index in [9.17, 15) is 19.8 Å². The minimum absolute atomic E-state index is 0.0387. The second kappa shape index (κ2) is 44.1. The van der Waals surface area contributed by atoms with E-state index in [1.165, 1.54) is 148 Å². The molecule has 0 aliphatic rings. The highest BCUT2D eigenvalue weighted by Gasteiger charge is 2.17. The van der Waals surface area contributed by atoms with Gasteiger partial charge in [0.1, 0.15) is 0 Å². The molecule has 0 aromatic heterocycles. The molecule has 318 valence electrons. The molecule has 54 heavy (non-hydrogen) atoms. The predicted octanol–water partition coefficient (Wildman–Crippen LogP) is 13.6. The molecule has 0 aliphatic heterocycles. The van der Waals surface area contributed by atoms with E-state index in [0.29, 0.717) is 19.4 Å². The van der Waals surface area contributed by atoms with Crippen LogP contribution in [-0.4, -0.2) is 47.4 Å². The van der Waals surface area contributed by atoms with Crippen LogP contribution in [-0.2, 0) is 14.3 Å². The van der Waals surface area contributed by atoms with Crippen LogP contribution in [0, 0.1) is 0 Å². The molecule has 0 radical (unpaired) electrons. The zero-order valence-corrected chi connectivity index (χ0v) is 36.0. The summed E-state index contributed by atoms with van der Waals surface area (Å²) in [5.74, 6) is -0.167. The highest BCUT2D eigenvalue weighted by atomic mass is 16.5. The number of hydrogen-bond acceptors (Lipinski definition) is 5. The average Bonchev–Trinajstić information content (AvgIpc) is 3.17. The lowest BCUT2D eigenvalue weighted by atomic mass is 10.0. The topological polar surface area (TPSA) is 95.9 Å². The Morgan fingerprint density at radius 1 is 0.500 bits per heavy atom. The van der Waals surface area contributed by atoms with E-state index in [0.717, 1.165) is 70.6 Å². The van der Waals surface area contributed by atoms with Gasteiger partial charge in [0.15, 0.2) is 0 Å². The van der Waals surface area contributed by atoms with E-state index < -0.39 is 12.1 Å². The van der Waals surface area contributed by atoms with Crippen LogP contribution in [0.15, 0.2) is 24.3 Å². The maximum atomic E-state index is 12.4. The number of amides is 1. The van der Waals surface area contributed by atoms with Gasteiger partial charge in [-0.05, 0) is 51.4 Å². The molecule has 0 bridgehead atoms. The van der Waals surface area contributed by atoms with Crippen LogP contribution in [0.2, 0.25) is 0 Å². The van der Waals surface area contributed by atoms with Crippen molar-refractivity contribution in [1.29, 1.82) is 0 Å². The molecule has 3 N–H and O–H groups in total. The Balaban J connectivity index is 3.61. The Hall–Kier alpha value is -1.66. The molecule has 0 spiro atoms. The summed E-state index contributed by atoms with van der Waals surface area (Å²) < 4.78 is 5.41. The van der Waals surface area contributed by atoms with Crippen molar-refractivity contribution in [3.8, 4) is 0 Å². The molecule has 6 nitrogen and oxygen atoms in total. The number of rotatable bonds is 43. The Bertz CT molecular complexity index is 843. The number of esters is 1. The van der Waals surface area contributed by atoms with Crippen LogP contribution < -0.4 is 5.32 Å². The Kier molecular flexibility index (Phi) is 42.7. The number of carbonyl (C=O) groups excluding carboxylic acids is 2. The molecule has 0 aromatic carbocycles. The number of carbonyl (C=O) groups is 2. The molecule has 0 saturated carbocycles. The van der Waals surface area contributed by atoms with Gasteiger partial charge in [-0.15, -0.1) is 0 Å². The van der Waals surface area contributed by atoms with Crippen molar-refractivity contribution in [2.24, 2.45) is 0 Å². The van der Waals surface area contributed by atoms with Gasteiger partial charge in [-0.3, -0.25) is 9.59 Å². The number of hydrogen-bond donors (Lipinski definition) is 3. The highest BCUT2D eigenvalue weighted by molar-refractivity contribution is 5.76. The van der Waals surface area contributed by atoms with Crippen molar-refractivity contribution >= 4 is 11.9 Å². The zero-order chi connectivity index (χ0) is 39.4. The first-order valence-electron chi connectivity index (χ1n) is 23.6. The summed E-state index contributed by atoms with van der Waals surface area (Å²) in [6.45, 7) is 4.80. The standard InChI is InChI=1S/C48H91NO5/c1-3-5-7-9-11-13-15-16-17-18-19-20-22-24-28-32-36-40-46(51)45(44-50)49-47(52)41-37-33-29-25-23-27-31-35-39-43-54-48(53)42-38-34-30-26-21-14-12-10-8-6-4-2/h25,29,36,40,45-46,50-51H,3-24,26-28,30-35,37-39,41-44H2,1-2H3,(H,49,52)/b29-25-,40-36+. The number of aliphatic hydroxyl groups excluding tert-OH is 2. The second-order valence-corrected chi connectivity index (χ2v) is 16.1. The fourth-order valence-corrected chi connectivity index (χ4v) is 7.05. The Labute approximate surface area is 335 Å². The van der Waals surface area contributed by atoms with Crippen LogP contribution >= 0.6 is 0 Å². The number of unbranched alkanes of at least 4 members (excludes halogenated alkanes) is 30. The van der Waals surface area contributed by atoms with Crippen LogP contribution in [0.1, 0.15) is 245 Å². The maximum Gasteiger partial charge on any atom is 0.305 e. The quantitative estimate of drug-likeness (QED) is 0.0327. The van der Waals surface area contributed by atoms with Gasteiger partial charge >= 0.3 is 5.97 Å². The molecule has 0 rings (SSSR count). The fraction of sp³-hybridized carbons (Fsp3) is 0.875. The lowest BCUT2D eigenvalue weighted by Gasteiger charge is -2.19. The van der Waals surface area contributed by atoms with Gasteiger partial charge in [-0.2, -0.15) is 0 Å². The number of allylic oxidation sites excluding steroid dienone is 3. The number of nitrogens with one attached hydrogen (secondary N) is 1. The third kappa shape index (κ3) is 40.0. The van der Waals surface area contributed by atoms with E-state index in [1.807, 2.05) is 6.08 Å². The van der Waals surface area contributed by atoms with E-state index in [-0.39, 0.29) is 18.5 Å². The summed E-state index contributed by atoms with van der Waals surface area (Å²) in [5.41, 5.74) is 0. The third-order valence-corrected chi connectivity index (χ3v) is 10.7. The minimum Gasteiger partial charge on any atom is -0.466 e. The minimum atomic E-state index is -0.874. The van der Waals surface area contributed by atoms with Gasteiger partial charge in [0.25, 0.3) is 0 Å². The molecule has 1 amide bonds. The van der Waals surface area contributed by atoms with Gasteiger partial charge in [-0.25, -0.2) is 0 Å². The lowest BCUT2D eigenvalue weighted by Crippen LogP contribution is -2.45. The van der Waals surface area contributed by atoms with E-state index >= 15 is 0 Å². The molecule has 2 unspecified atom stereocenters. The molecule has 2 atom stereocenters. The summed E-state index contributed by atoms with van der Waals surface area (Å²) in [5, 5.41) is 23.0. The van der Waals surface area contributed by atoms with Crippen molar-refractivity contribution in [3.63, 3.8) is 0 Å².